The summed E-state index contributed by atoms with van der Waals surface area (Å²) in [6, 6.07) is 120. The summed E-state index contributed by atoms with van der Waals surface area (Å²) in [6.07, 6.45) is 0. The molecule has 0 fully saturated rings. The first-order valence-electron chi connectivity index (χ1n) is 39.1. The molecule has 0 aliphatic rings. The van der Waals surface area contributed by atoms with Gasteiger partial charge in [-0.3, -0.25) is 13.2 Å². The molecule has 29 aromatic rings. The molecular weight excluding hydrogens is 1470 g/mol. The highest BCUT2D eigenvalue weighted by Gasteiger charge is 2.28. The van der Waals surface area contributed by atoms with E-state index >= 15 is 0 Å². The fourth-order valence-electron chi connectivity index (χ4n) is 19.5. The van der Waals surface area contributed by atoms with Crippen LogP contribution in [0.25, 0.3) is 264 Å². The van der Waals surface area contributed by atoms with Crippen molar-refractivity contribution in [2.45, 2.75) is 0 Å². The van der Waals surface area contributed by atoms with E-state index in [0.717, 1.165) is 82.8 Å². The summed E-state index contributed by atoms with van der Waals surface area (Å²) in [6.45, 7) is 0. The Bertz CT molecular complexity index is 9320. The molecule has 0 saturated heterocycles. The predicted molar refractivity (Wildman–Crippen MR) is 493 cm³/mol. The summed E-state index contributed by atoms with van der Waals surface area (Å²) in [5, 5.41) is 24.2. The molecule has 0 aliphatic heterocycles. The summed E-state index contributed by atoms with van der Waals surface area (Å²) in [5.41, 5.74) is 26.0. The first-order chi connectivity index (χ1) is 57.5. The van der Waals surface area contributed by atoms with Gasteiger partial charge in [0.05, 0.1) is 66.2 Å². The zero-order valence-corrected chi connectivity index (χ0v) is 64.0. The van der Waals surface area contributed by atoms with Crippen LogP contribution in [0.5, 0.6) is 0 Å². The first-order valence-corrected chi connectivity index (χ1v) is 41.6. The number of para-hydroxylation sites is 9. The molecule has 0 spiro atoms. The number of hydrogen-bond acceptors (Lipinski definition) is 9. The quantitative estimate of drug-likeness (QED) is 0.175. The van der Waals surface area contributed by atoms with E-state index in [0.29, 0.717) is 0 Å². The monoisotopic (exact) mass is 1530 g/mol. The van der Waals surface area contributed by atoms with E-state index in [9.17, 15) is 0 Å². The Hall–Kier alpha value is -14.7. The number of hydrogen-bond donors (Lipinski definition) is 0. The van der Waals surface area contributed by atoms with Crippen LogP contribution < -0.4 is 0 Å². The third-order valence-corrected chi connectivity index (χ3v) is 27.9. The van der Waals surface area contributed by atoms with Crippen molar-refractivity contribution in [1.29, 1.82) is 0 Å². The Morgan fingerprint density at radius 2 is 0.517 bits per heavy atom. The maximum atomic E-state index is 5.13. The fourth-order valence-corrected chi connectivity index (χ4v) is 22.8. The van der Waals surface area contributed by atoms with Gasteiger partial charge in [0.25, 0.3) is 0 Å². The van der Waals surface area contributed by atoms with Crippen LogP contribution in [-0.2, 0) is 0 Å². The van der Waals surface area contributed by atoms with Gasteiger partial charge in [0.15, 0.2) is 16.9 Å². The van der Waals surface area contributed by atoms with Gasteiger partial charge in [0, 0.05) is 109 Å². The van der Waals surface area contributed by atoms with Crippen LogP contribution in [0.3, 0.4) is 0 Å². The van der Waals surface area contributed by atoms with Crippen LogP contribution in [0.1, 0.15) is 0 Å². The lowest BCUT2D eigenvalue weighted by Crippen LogP contribution is -1.88. The number of aromatic nitrogens is 9. The van der Waals surface area contributed by atoms with Crippen molar-refractivity contribution in [3.8, 4) is 33.4 Å². The average Bonchev–Trinajstić information content (AvgIpc) is 1.54. The van der Waals surface area contributed by atoms with Gasteiger partial charge in [0.1, 0.15) is 16.6 Å². The second kappa shape index (κ2) is 23.5. The second-order valence-electron chi connectivity index (χ2n) is 30.7. The molecule has 17 aromatic carbocycles. The van der Waals surface area contributed by atoms with E-state index in [1.165, 1.54) is 181 Å². The zero-order valence-electron chi connectivity index (χ0n) is 61.5. The Morgan fingerprint density at radius 3 is 0.983 bits per heavy atom. The fraction of sp³-hybridized carbons (Fsp3) is 0. The SMILES string of the molecule is c1ccc(-c2ccc3sc4ccc5c(c6cccc7c8nc9ccccc9nc8n5c76)c4c3c2)cc1.c1ccc2c(-c3ccc4sc5ccc6c(c7cccc8c9nc%10ccccc%10nc9n6c87)c5c4c3)cccc2c1.c1ccc2cc(-c3ccc4sc5ccc6c(c7cccc8c9nc%10ccccc%10nc9n6c87)c5c4c3)ccc2c1. The lowest BCUT2D eigenvalue weighted by Gasteiger charge is -2.07. The van der Waals surface area contributed by atoms with Crippen LogP contribution in [0, 0.1) is 0 Å². The molecule has 12 heterocycles. The van der Waals surface area contributed by atoms with Gasteiger partial charge in [-0.15, -0.1) is 34.0 Å². The Labute approximate surface area is 669 Å². The molecule has 116 heavy (non-hydrogen) atoms. The molecule has 0 aliphatic carbocycles. The van der Waals surface area contributed by atoms with Crippen molar-refractivity contribution < 1.29 is 0 Å². The van der Waals surface area contributed by atoms with E-state index in [-0.39, 0.29) is 0 Å². The molecule has 12 aromatic heterocycles. The van der Waals surface area contributed by atoms with Crippen molar-refractivity contribution in [2.24, 2.45) is 0 Å². The van der Waals surface area contributed by atoms with Gasteiger partial charge < -0.3 is 0 Å². The van der Waals surface area contributed by atoms with E-state index in [4.69, 9.17) is 29.9 Å². The second-order valence-corrected chi connectivity index (χ2v) is 33.9. The number of benzene rings is 17. The Morgan fingerprint density at radius 1 is 0.190 bits per heavy atom. The number of nitrogens with zero attached hydrogens (tertiary/aromatic N) is 9. The highest BCUT2D eigenvalue weighted by atomic mass is 32.1. The van der Waals surface area contributed by atoms with E-state index < -0.39 is 0 Å². The number of fused-ring (bicyclic) bond motifs is 35. The smallest absolute Gasteiger partial charge is 0.165 e. The summed E-state index contributed by atoms with van der Waals surface area (Å²) >= 11 is 5.62. The largest absolute Gasteiger partial charge is 0.291 e. The van der Waals surface area contributed by atoms with Crippen LogP contribution in [0.2, 0.25) is 0 Å². The zero-order chi connectivity index (χ0) is 75.3. The van der Waals surface area contributed by atoms with Gasteiger partial charge in [0.2, 0.25) is 0 Å². The highest BCUT2D eigenvalue weighted by Crippen LogP contribution is 2.51. The van der Waals surface area contributed by atoms with Gasteiger partial charge in [-0.25, -0.2) is 29.9 Å². The molecule has 9 nitrogen and oxygen atoms in total. The lowest BCUT2D eigenvalue weighted by atomic mass is 9.96. The van der Waals surface area contributed by atoms with Crippen molar-refractivity contribution in [3.05, 3.63) is 334 Å². The molecule has 0 radical (unpaired) electrons. The standard InChI is InChI=1S/2C36H19N3S.C32H17N3S/c1-2-9-22-20(7-1)8-5-10-23(22)21-15-17-30-26(19-21)33-31(40-30)18-16-29-32(33)24-11-6-12-25-34-36(39(29)35(24)25)38-28-14-4-3-13-27(28)37-34;1-2-7-21-18-22(13-12-20(21)6-1)23-14-16-30-26(19-23)33-31(40-30)17-15-29-32(33)24-8-5-9-25-34-36(39(29)35(24)25)38-28-11-4-3-10-27(28)37-34;1-2-7-18(8-3-1)19-13-15-26-22(17-19)29-27(36-26)16-14-25-28(29)20-9-6-10-21-30-32(35(25)31(20)21)34-24-12-5-4-11-23(24)33-30/h2*1-19H;1-17H. The maximum Gasteiger partial charge on any atom is 0.165 e. The van der Waals surface area contributed by atoms with Crippen molar-refractivity contribution in [3.63, 3.8) is 0 Å². The van der Waals surface area contributed by atoms with Crippen molar-refractivity contribution in [2.75, 3.05) is 0 Å². The third-order valence-electron chi connectivity index (χ3n) is 24.5. The molecule has 0 N–H and O–H groups in total. The number of rotatable bonds is 3. The summed E-state index contributed by atoms with van der Waals surface area (Å²) < 4.78 is 14.9. The molecule has 0 saturated carbocycles. The molecule has 12 heteroatoms. The molecule has 0 amide bonds. The Balaban J connectivity index is 0.0000000933. The van der Waals surface area contributed by atoms with Crippen LogP contribution in [0.15, 0.2) is 334 Å². The highest BCUT2D eigenvalue weighted by molar-refractivity contribution is 7.27. The van der Waals surface area contributed by atoms with Gasteiger partial charge in [-0.2, -0.15) is 0 Å². The molecular formula is C104H55N9S3. The summed E-state index contributed by atoms with van der Waals surface area (Å²) in [7, 11) is 0. The third kappa shape index (κ3) is 8.75. The molecule has 29 rings (SSSR count). The summed E-state index contributed by atoms with van der Waals surface area (Å²) in [4.78, 5) is 30.5. The average molecular weight is 1530 g/mol. The van der Waals surface area contributed by atoms with Gasteiger partial charge >= 0.3 is 0 Å². The maximum absolute atomic E-state index is 5.13. The van der Waals surface area contributed by atoms with Crippen LogP contribution >= 0.6 is 34.0 Å². The minimum Gasteiger partial charge on any atom is -0.291 e. The van der Waals surface area contributed by atoms with Gasteiger partial charge in [-0.05, 0) is 170 Å². The lowest BCUT2D eigenvalue weighted by molar-refractivity contribution is 1.28. The number of thiophene rings is 3. The van der Waals surface area contributed by atoms with E-state index in [1.807, 2.05) is 107 Å². The van der Waals surface area contributed by atoms with Gasteiger partial charge in [-0.1, -0.05) is 218 Å². The minimum atomic E-state index is 0.922. The molecule has 0 unspecified atom stereocenters. The predicted octanol–water partition coefficient (Wildman–Crippen LogP) is 28.8. The molecule has 534 valence electrons. The Kier molecular flexibility index (Phi) is 12.7. The normalized spacial score (nSPS) is 12.5. The van der Waals surface area contributed by atoms with Crippen LogP contribution in [-0.4, -0.2) is 43.1 Å². The minimum absolute atomic E-state index is 0.922. The van der Waals surface area contributed by atoms with E-state index in [2.05, 4.69) is 274 Å². The summed E-state index contributed by atoms with van der Waals surface area (Å²) in [5.74, 6) is 0. The van der Waals surface area contributed by atoms with Crippen molar-refractivity contribution in [1.82, 2.24) is 43.1 Å². The molecule has 0 atom stereocenters. The van der Waals surface area contributed by atoms with Crippen molar-refractivity contribution >= 4 is 264 Å². The molecule has 0 bridgehead atoms. The first kappa shape index (κ1) is 62.9. The van der Waals surface area contributed by atoms with E-state index in [1.54, 1.807) is 0 Å². The topological polar surface area (TPSA) is 90.6 Å². The van der Waals surface area contributed by atoms with Crippen LogP contribution in [0.4, 0.5) is 0 Å².